The molecule has 1 saturated heterocycles. The number of halogens is 1. The van der Waals surface area contributed by atoms with Crippen LogP contribution in [0, 0.1) is 5.82 Å². The van der Waals surface area contributed by atoms with Gasteiger partial charge in [0.25, 0.3) is 0 Å². The number of likely N-dealkylation sites (tertiary alicyclic amines) is 1. The smallest absolute Gasteiger partial charge is 0.317 e. The van der Waals surface area contributed by atoms with Gasteiger partial charge in [-0.05, 0) is 55.0 Å². The van der Waals surface area contributed by atoms with E-state index in [2.05, 4.69) is 10.0 Å². The Labute approximate surface area is 177 Å². The quantitative estimate of drug-likeness (QED) is 0.735. The number of amides is 2. The van der Waals surface area contributed by atoms with Crippen molar-refractivity contribution < 1.29 is 17.6 Å². The summed E-state index contributed by atoms with van der Waals surface area (Å²) in [4.78, 5) is 14.4. The maximum absolute atomic E-state index is 13.6. The highest BCUT2D eigenvalue weighted by Gasteiger charge is 2.35. The van der Waals surface area contributed by atoms with Gasteiger partial charge in [0.1, 0.15) is 5.82 Å². The van der Waals surface area contributed by atoms with Gasteiger partial charge in [-0.1, -0.05) is 36.4 Å². The summed E-state index contributed by atoms with van der Waals surface area (Å²) < 4.78 is 40.2. The van der Waals surface area contributed by atoms with E-state index < -0.39 is 10.0 Å². The van der Waals surface area contributed by atoms with E-state index in [1.54, 1.807) is 11.0 Å². The minimum absolute atomic E-state index is 0.191. The molecule has 0 saturated carbocycles. The normalized spacial score (nSPS) is 19.5. The number of sulfonamides is 1. The van der Waals surface area contributed by atoms with E-state index >= 15 is 0 Å². The Morgan fingerprint density at radius 3 is 2.53 bits per heavy atom. The van der Waals surface area contributed by atoms with E-state index in [1.165, 1.54) is 12.1 Å². The number of rotatable bonds is 6. The predicted molar refractivity (Wildman–Crippen MR) is 116 cm³/mol. The first-order valence-corrected chi connectivity index (χ1v) is 12.0. The second kappa shape index (κ2) is 9.57. The number of piperidine rings is 1. The predicted octanol–water partition coefficient (Wildman–Crippen LogP) is 3.15. The third-order valence-electron chi connectivity index (χ3n) is 5.26. The van der Waals surface area contributed by atoms with Crippen LogP contribution in [0.5, 0.6) is 0 Å². The first-order chi connectivity index (χ1) is 14.3. The van der Waals surface area contributed by atoms with Crippen LogP contribution < -0.4 is 10.0 Å². The van der Waals surface area contributed by atoms with Gasteiger partial charge in [0.2, 0.25) is 10.0 Å². The molecule has 1 heterocycles. The lowest BCUT2D eigenvalue weighted by atomic mass is 9.90. The average molecular weight is 434 g/mol. The van der Waals surface area contributed by atoms with Crippen molar-refractivity contribution in [1.29, 1.82) is 0 Å². The standard InChI is InChI=1S/C22H28FN3O3S/c1-3-24-22(27)26-12-6-11-20(25-30(2,28)29)21(26)14-16-7-4-8-17(13-16)18-9-5-10-19(23)15-18/h4-5,7-10,13,15,20-21,25H,3,6,11-12,14H2,1-2H3,(H,24,27)/t20-,21-/m0/s1. The van der Waals surface area contributed by atoms with Gasteiger partial charge in [-0.3, -0.25) is 0 Å². The molecule has 0 radical (unpaired) electrons. The summed E-state index contributed by atoms with van der Waals surface area (Å²) >= 11 is 0. The second-order valence-electron chi connectivity index (χ2n) is 7.65. The molecule has 3 rings (SSSR count). The third kappa shape index (κ3) is 5.79. The van der Waals surface area contributed by atoms with E-state index in [0.717, 1.165) is 29.4 Å². The average Bonchev–Trinajstić information content (AvgIpc) is 2.68. The number of nitrogens with zero attached hydrogens (tertiary/aromatic N) is 1. The molecule has 0 spiro atoms. The summed E-state index contributed by atoms with van der Waals surface area (Å²) in [5.41, 5.74) is 2.60. The summed E-state index contributed by atoms with van der Waals surface area (Å²) in [5.74, 6) is -0.301. The van der Waals surface area contributed by atoms with Crippen molar-refractivity contribution in [3.8, 4) is 11.1 Å². The molecule has 2 amide bonds. The maximum Gasteiger partial charge on any atom is 0.317 e. The number of urea groups is 1. The van der Waals surface area contributed by atoms with Crippen LogP contribution in [-0.2, 0) is 16.4 Å². The van der Waals surface area contributed by atoms with Gasteiger partial charge in [0.05, 0.1) is 12.3 Å². The van der Waals surface area contributed by atoms with E-state index in [-0.39, 0.29) is 23.9 Å². The molecule has 1 aliphatic rings. The maximum atomic E-state index is 13.6. The van der Waals surface area contributed by atoms with Crippen molar-refractivity contribution in [3.63, 3.8) is 0 Å². The molecule has 8 heteroatoms. The zero-order valence-electron chi connectivity index (χ0n) is 17.3. The second-order valence-corrected chi connectivity index (χ2v) is 9.43. The first-order valence-electron chi connectivity index (χ1n) is 10.1. The molecule has 0 aromatic heterocycles. The van der Waals surface area contributed by atoms with Crippen LogP contribution >= 0.6 is 0 Å². The van der Waals surface area contributed by atoms with Gasteiger partial charge in [0, 0.05) is 19.1 Å². The molecule has 30 heavy (non-hydrogen) atoms. The van der Waals surface area contributed by atoms with Crippen LogP contribution in [0.25, 0.3) is 11.1 Å². The Kier molecular flexibility index (Phi) is 7.10. The van der Waals surface area contributed by atoms with Crippen LogP contribution in [0.4, 0.5) is 9.18 Å². The number of benzene rings is 2. The van der Waals surface area contributed by atoms with Crippen LogP contribution in [0.15, 0.2) is 48.5 Å². The van der Waals surface area contributed by atoms with E-state index in [4.69, 9.17) is 0 Å². The molecule has 2 atom stereocenters. The third-order valence-corrected chi connectivity index (χ3v) is 5.99. The molecule has 2 aromatic rings. The first kappa shape index (κ1) is 22.2. The Balaban J connectivity index is 1.90. The summed E-state index contributed by atoms with van der Waals surface area (Å²) in [6.45, 7) is 2.93. The number of carbonyl (C=O) groups excluding carboxylic acids is 1. The zero-order chi connectivity index (χ0) is 21.7. The van der Waals surface area contributed by atoms with Crippen LogP contribution in [0.1, 0.15) is 25.3 Å². The lowest BCUT2D eigenvalue weighted by Crippen LogP contribution is -2.59. The molecule has 1 fully saturated rings. The van der Waals surface area contributed by atoms with E-state index in [0.29, 0.717) is 25.9 Å². The largest absolute Gasteiger partial charge is 0.338 e. The summed E-state index contributed by atoms with van der Waals surface area (Å²) in [6.07, 6.45) is 3.02. The number of carbonyl (C=O) groups is 1. The summed E-state index contributed by atoms with van der Waals surface area (Å²) in [7, 11) is -3.42. The molecule has 0 bridgehead atoms. The Morgan fingerprint density at radius 1 is 1.17 bits per heavy atom. The fourth-order valence-electron chi connectivity index (χ4n) is 4.01. The molecule has 2 aromatic carbocycles. The van der Waals surface area contributed by atoms with Crippen molar-refractivity contribution in [3.05, 3.63) is 59.9 Å². The lowest BCUT2D eigenvalue weighted by Gasteiger charge is -2.41. The minimum Gasteiger partial charge on any atom is -0.338 e. The van der Waals surface area contributed by atoms with Crippen LogP contribution in [0.2, 0.25) is 0 Å². The summed E-state index contributed by atoms with van der Waals surface area (Å²) in [5, 5.41) is 2.83. The van der Waals surface area contributed by atoms with Gasteiger partial charge in [-0.25, -0.2) is 22.3 Å². The number of hydrogen-bond donors (Lipinski definition) is 2. The Hall–Kier alpha value is -2.45. The zero-order valence-corrected chi connectivity index (χ0v) is 18.1. The van der Waals surface area contributed by atoms with Gasteiger partial charge in [-0.15, -0.1) is 0 Å². The van der Waals surface area contributed by atoms with Crippen molar-refractivity contribution in [1.82, 2.24) is 14.9 Å². The molecule has 2 N–H and O–H groups in total. The van der Waals surface area contributed by atoms with Crippen molar-refractivity contribution in [2.75, 3.05) is 19.3 Å². The monoisotopic (exact) mass is 433 g/mol. The van der Waals surface area contributed by atoms with Crippen molar-refractivity contribution >= 4 is 16.1 Å². The fourth-order valence-corrected chi connectivity index (χ4v) is 4.84. The molecular formula is C22H28FN3O3S. The van der Waals surface area contributed by atoms with Crippen molar-refractivity contribution in [2.24, 2.45) is 0 Å². The lowest BCUT2D eigenvalue weighted by molar-refractivity contribution is 0.134. The van der Waals surface area contributed by atoms with Gasteiger partial charge in [0.15, 0.2) is 0 Å². The fraction of sp³-hybridized carbons (Fsp3) is 0.409. The summed E-state index contributed by atoms with van der Waals surface area (Å²) in [6, 6.07) is 13.2. The van der Waals surface area contributed by atoms with Gasteiger partial charge >= 0.3 is 6.03 Å². The van der Waals surface area contributed by atoms with E-state index in [1.807, 2.05) is 37.3 Å². The number of nitrogens with one attached hydrogen (secondary N) is 2. The molecule has 162 valence electrons. The molecular weight excluding hydrogens is 405 g/mol. The molecule has 6 nitrogen and oxygen atoms in total. The highest BCUT2D eigenvalue weighted by Crippen LogP contribution is 2.26. The Bertz CT molecular complexity index is 997. The highest BCUT2D eigenvalue weighted by molar-refractivity contribution is 7.88. The topological polar surface area (TPSA) is 78.5 Å². The highest BCUT2D eigenvalue weighted by atomic mass is 32.2. The van der Waals surface area contributed by atoms with Crippen molar-refractivity contribution in [2.45, 2.75) is 38.3 Å². The van der Waals surface area contributed by atoms with Gasteiger partial charge in [-0.2, -0.15) is 0 Å². The molecule has 0 unspecified atom stereocenters. The number of hydrogen-bond acceptors (Lipinski definition) is 3. The SMILES string of the molecule is CCNC(=O)N1CCC[C@H](NS(C)(=O)=O)[C@@H]1Cc1cccc(-c2cccc(F)c2)c1. The van der Waals surface area contributed by atoms with Crippen LogP contribution in [-0.4, -0.2) is 50.8 Å². The molecule has 1 aliphatic heterocycles. The van der Waals surface area contributed by atoms with Crippen LogP contribution in [0.3, 0.4) is 0 Å². The van der Waals surface area contributed by atoms with Gasteiger partial charge < -0.3 is 10.2 Å². The Morgan fingerprint density at radius 2 is 1.87 bits per heavy atom. The minimum atomic E-state index is -3.42. The van der Waals surface area contributed by atoms with E-state index in [9.17, 15) is 17.6 Å². The molecule has 0 aliphatic carbocycles.